The van der Waals surface area contributed by atoms with E-state index in [9.17, 15) is 4.79 Å². The minimum atomic E-state index is -0.305. The predicted octanol–water partition coefficient (Wildman–Crippen LogP) is 5.01. The van der Waals surface area contributed by atoms with Gasteiger partial charge in [-0.15, -0.1) is 23.5 Å². The van der Waals surface area contributed by atoms with Gasteiger partial charge in [0.1, 0.15) is 6.10 Å². The number of carbonyl (C=O) groups is 1. The van der Waals surface area contributed by atoms with Crippen molar-refractivity contribution in [2.24, 2.45) is 0 Å². The maximum Gasteiger partial charge on any atom is 0.338 e. The number of methoxy groups -OCH3 is 1. The number of thioether (sulfide) groups is 2. The Morgan fingerprint density at radius 1 is 1.00 bits per heavy atom. The van der Waals surface area contributed by atoms with E-state index in [0.29, 0.717) is 12.2 Å². The van der Waals surface area contributed by atoms with Gasteiger partial charge in [0.25, 0.3) is 0 Å². The minimum absolute atomic E-state index is 0.226. The quantitative estimate of drug-likeness (QED) is 0.532. The van der Waals surface area contributed by atoms with Gasteiger partial charge >= 0.3 is 5.97 Å². The second kappa shape index (κ2) is 12.0. The molecule has 0 amide bonds. The molecule has 1 atom stereocenters. The van der Waals surface area contributed by atoms with Crippen molar-refractivity contribution in [3.8, 4) is 0 Å². The zero-order chi connectivity index (χ0) is 17.8. The molecule has 5 heteroatoms. The number of ether oxygens (including phenoxy) is 2. The molecule has 0 N–H and O–H groups in total. The smallest absolute Gasteiger partial charge is 0.338 e. The molecule has 130 valence electrons. The zero-order valence-electron chi connectivity index (χ0n) is 14.5. The van der Waals surface area contributed by atoms with Crippen LogP contribution in [0.25, 0.3) is 0 Å². The molecule has 0 radical (unpaired) electrons. The summed E-state index contributed by atoms with van der Waals surface area (Å²) in [5.74, 6) is -0.305. The van der Waals surface area contributed by atoms with E-state index in [1.807, 2.05) is 42.7 Å². The first kappa shape index (κ1) is 20.6. The number of rotatable bonds is 6. The average Bonchev–Trinajstić information content (AvgIpc) is 2.63. The van der Waals surface area contributed by atoms with Crippen LogP contribution in [0.3, 0.4) is 0 Å². The van der Waals surface area contributed by atoms with Crippen molar-refractivity contribution in [1.82, 2.24) is 0 Å². The van der Waals surface area contributed by atoms with Crippen LogP contribution < -0.4 is 0 Å². The maximum atomic E-state index is 11.7. The molecule has 0 heterocycles. The Labute approximate surface area is 153 Å². The molecule has 2 rings (SSSR count). The van der Waals surface area contributed by atoms with Crippen molar-refractivity contribution in [2.75, 3.05) is 26.2 Å². The molecular weight excluding hydrogens is 340 g/mol. The lowest BCUT2D eigenvalue weighted by atomic mass is 10.2. The highest BCUT2D eigenvalue weighted by Gasteiger charge is 2.11. The molecular formula is C19H24O3S2. The summed E-state index contributed by atoms with van der Waals surface area (Å²) in [5.41, 5.74) is 0.579. The predicted molar refractivity (Wildman–Crippen MR) is 103 cm³/mol. The van der Waals surface area contributed by atoms with E-state index >= 15 is 0 Å². The Balaban J connectivity index is 0.000000300. The van der Waals surface area contributed by atoms with Gasteiger partial charge < -0.3 is 9.47 Å². The molecule has 24 heavy (non-hydrogen) atoms. The van der Waals surface area contributed by atoms with E-state index in [0.717, 1.165) is 4.90 Å². The van der Waals surface area contributed by atoms with Gasteiger partial charge in [-0.2, -0.15) is 0 Å². The Kier molecular flexibility index (Phi) is 10.3. The van der Waals surface area contributed by atoms with Gasteiger partial charge in [0.15, 0.2) is 0 Å². The van der Waals surface area contributed by atoms with Crippen molar-refractivity contribution >= 4 is 29.5 Å². The third-order valence-corrected chi connectivity index (χ3v) is 4.46. The van der Waals surface area contributed by atoms with Crippen molar-refractivity contribution in [1.29, 1.82) is 0 Å². The molecule has 2 aromatic rings. The number of hydrogen-bond acceptors (Lipinski definition) is 5. The van der Waals surface area contributed by atoms with E-state index in [2.05, 4.69) is 18.4 Å². The van der Waals surface area contributed by atoms with E-state index in [4.69, 9.17) is 9.47 Å². The largest absolute Gasteiger partial charge is 0.457 e. The molecule has 1 unspecified atom stereocenters. The van der Waals surface area contributed by atoms with E-state index in [-0.39, 0.29) is 12.1 Å². The summed E-state index contributed by atoms with van der Waals surface area (Å²) in [6, 6.07) is 17.7. The molecule has 0 bridgehead atoms. The highest BCUT2D eigenvalue weighted by Crippen LogP contribution is 2.16. The first-order valence-electron chi connectivity index (χ1n) is 7.53. The second-order valence-electron chi connectivity index (χ2n) is 4.92. The minimum Gasteiger partial charge on any atom is -0.457 e. The fourth-order valence-electron chi connectivity index (χ4n) is 1.83. The van der Waals surface area contributed by atoms with Gasteiger partial charge in [0, 0.05) is 16.9 Å². The van der Waals surface area contributed by atoms with Crippen molar-refractivity contribution in [2.45, 2.75) is 22.8 Å². The summed E-state index contributed by atoms with van der Waals surface area (Å²) >= 11 is 3.37. The average molecular weight is 365 g/mol. The van der Waals surface area contributed by atoms with Crippen LogP contribution in [0.2, 0.25) is 0 Å². The van der Waals surface area contributed by atoms with Crippen molar-refractivity contribution in [3.63, 3.8) is 0 Å². The fourth-order valence-corrected chi connectivity index (χ4v) is 2.71. The lowest BCUT2D eigenvalue weighted by molar-refractivity contribution is 0.0120. The first-order chi connectivity index (χ1) is 11.6. The molecule has 0 aromatic heterocycles. The number of benzene rings is 2. The molecule has 0 aliphatic rings. The van der Waals surface area contributed by atoms with Crippen molar-refractivity contribution in [3.05, 3.63) is 60.2 Å². The van der Waals surface area contributed by atoms with Crippen LogP contribution in [-0.4, -0.2) is 38.3 Å². The monoisotopic (exact) mass is 364 g/mol. The maximum absolute atomic E-state index is 11.7. The molecule has 0 spiro atoms. The molecule has 0 fully saturated rings. The van der Waals surface area contributed by atoms with Crippen LogP contribution in [0.4, 0.5) is 0 Å². The van der Waals surface area contributed by atoms with E-state index in [1.54, 1.807) is 43.6 Å². The summed E-state index contributed by atoms with van der Waals surface area (Å²) in [5, 5.41) is 0. The number of esters is 1. The van der Waals surface area contributed by atoms with E-state index in [1.165, 1.54) is 4.90 Å². The van der Waals surface area contributed by atoms with Crippen LogP contribution in [0.1, 0.15) is 17.3 Å². The van der Waals surface area contributed by atoms with Gasteiger partial charge in [-0.05, 0) is 49.8 Å². The van der Waals surface area contributed by atoms with Gasteiger partial charge in [0.05, 0.1) is 12.2 Å². The van der Waals surface area contributed by atoms with Crippen LogP contribution in [0, 0.1) is 0 Å². The molecule has 2 aromatic carbocycles. The SMILES string of the molecule is COCC(C)OC(=O)c1cccc(SC)c1.CSc1ccccc1. The zero-order valence-corrected chi connectivity index (χ0v) is 16.2. The Hall–Kier alpha value is -1.43. The fraction of sp³-hybridized carbons (Fsp3) is 0.316. The first-order valence-corrected chi connectivity index (χ1v) is 9.98. The molecule has 0 saturated carbocycles. The summed E-state index contributed by atoms with van der Waals surface area (Å²) in [4.78, 5) is 14.1. The third kappa shape index (κ3) is 7.90. The van der Waals surface area contributed by atoms with Crippen LogP contribution >= 0.6 is 23.5 Å². The number of hydrogen-bond donors (Lipinski definition) is 0. The Morgan fingerprint density at radius 3 is 2.17 bits per heavy atom. The number of carbonyl (C=O) groups excluding carboxylic acids is 1. The van der Waals surface area contributed by atoms with Crippen LogP contribution in [-0.2, 0) is 9.47 Å². The molecule has 0 saturated heterocycles. The lowest BCUT2D eigenvalue weighted by Gasteiger charge is -2.12. The van der Waals surface area contributed by atoms with Gasteiger partial charge in [-0.3, -0.25) is 0 Å². The Morgan fingerprint density at radius 2 is 1.62 bits per heavy atom. The lowest BCUT2D eigenvalue weighted by Crippen LogP contribution is -2.19. The van der Waals surface area contributed by atoms with Crippen LogP contribution in [0.5, 0.6) is 0 Å². The summed E-state index contributed by atoms with van der Waals surface area (Å²) in [6.45, 7) is 2.22. The molecule has 0 aliphatic carbocycles. The van der Waals surface area contributed by atoms with E-state index < -0.39 is 0 Å². The van der Waals surface area contributed by atoms with Crippen molar-refractivity contribution < 1.29 is 14.3 Å². The topological polar surface area (TPSA) is 35.5 Å². The van der Waals surface area contributed by atoms with Crippen LogP contribution in [0.15, 0.2) is 64.4 Å². The molecule has 0 aliphatic heterocycles. The highest BCUT2D eigenvalue weighted by atomic mass is 32.2. The second-order valence-corrected chi connectivity index (χ2v) is 6.68. The third-order valence-electron chi connectivity index (χ3n) is 2.99. The summed E-state index contributed by atoms with van der Waals surface area (Å²) in [7, 11) is 1.58. The normalized spacial score (nSPS) is 11.2. The summed E-state index contributed by atoms with van der Waals surface area (Å²) in [6.07, 6.45) is 3.82. The summed E-state index contributed by atoms with van der Waals surface area (Å²) < 4.78 is 10.1. The molecule has 3 nitrogen and oxygen atoms in total. The Bertz CT molecular complexity index is 603. The van der Waals surface area contributed by atoms with Gasteiger partial charge in [-0.25, -0.2) is 4.79 Å². The standard InChI is InChI=1S/C12H16O3S.C7H8S/c1-9(8-14-2)15-12(13)10-5-4-6-11(7-10)16-3;1-8-7-5-3-2-4-6-7/h4-7,9H,8H2,1-3H3;2-6H,1H3. The highest BCUT2D eigenvalue weighted by molar-refractivity contribution is 7.98. The van der Waals surface area contributed by atoms with Gasteiger partial charge in [0.2, 0.25) is 0 Å². The van der Waals surface area contributed by atoms with Gasteiger partial charge in [-0.1, -0.05) is 24.3 Å².